The van der Waals surface area contributed by atoms with Gasteiger partial charge in [0.15, 0.2) is 0 Å². The van der Waals surface area contributed by atoms with Gasteiger partial charge >= 0.3 is 0 Å². The number of hydrogen-bond donors (Lipinski definition) is 0. The Morgan fingerprint density at radius 2 is 2.50 bits per heavy atom. The van der Waals surface area contributed by atoms with Gasteiger partial charge in [-0.25, -0.2) is 0 Å². The molecule has 0 bridgehead atoms. The van der Waals surface area contributed by atoms with Crippen molar-refractivity contribution in [3.05, 3.63) is 23.8 Å². The molecule has 10 heavy (non-hydrogen) atoms. The monoisotopic (exact) mass is 136 g/mol. The van der Waals surface area contributed by atoms with Crippen molar-refractivity contribution in [2.24, 2.45) is 5.10 Å². The zero-order valence-electron chi connectivity index (χ0n) is 6.46. The van der Waals surface area contributed by atoms with E-state index < -0.39 is 0 Å². The van der Waals surface area contributed by atoms with Crippen molar-refractivity contribution in [3.63, 3.8) is 0 Å². The highest BCUT2D eigenvalue weighted by molar-refractivity contribution is 5.83. The Morgan fingerprint density at radius 3 is 3.00 bits per heavy atom. The van der Waals surface area contributed by atoms with E-state index in [2.05, 4.69) is 18.6 Å². The van der Waals surface area contributed by atoms with E-state index in [9.17, 15) is 0 Å². The van der Waals surface area contributed by atoms with Crippen molar-refractivity contribution in [3.8, 4) is 0 Å². The molecule has 1 aliphatic heterocycles. The van der Waals surface area contributed by atoms with Gasteiger partial charge in [0.2, 0.25) is 0 Å². The number of hydrogen-bond acceptors (Lipinski definition) is 2. The van der Waals surface area contributed by atoms with Crippen molar-refractivity contribution in [2.75, 3.05) is 13.6 Å². The predicted molar refractivity (Wildman–Crippen MR) is 44.0 cm³/mol. The number of allylic oxidation sites excluding steroid dienone is 2. The average molecular weight is 136 g/mol. The maximum absolute atomic E-state index is 4.11. The van der Waals surface area contributed by atoms with Gasteiger partial charge in [0, 0.05) is 7.05 Å². The number of likely N-dealkylation sites (N-methyl/N-ethyl adjacent to an activating group) is 1. The third kappa shape index (κ3) is 1.26. The van der Waals surface area contributed by atoms with Crippen molar-refractivity contribution in [1.82, 2.24) is 5.01 Å². The zero-order valence-corrected chi connectivity index (χ0v) is 6.46. The number of hydrazone groups is 1. The molecule has 0 fully saturated rings. The molecule has 0 radical (unpaired) electrons. The molecule has 0 unspecified atom stereocenters. The van der Waals surface area contributed by atoms with Crippen LogP contribution < -0.4 is 0 Å². The first kappa shape index (κ1) is 7.06. The van der Waals surface area contributed by atoms with Crippen LogP contribution in [0.4, 0.5) is 0 Å². The molecule has 0 atom stereocenters. The summed E-state index contributed by atoms with van der Waals surface area (Å²) in [6, 6.07) is 0. The van der Waals surface area contributed by atoms with Crippen molar-refractivity contribution in [1.29, 1.82) is 0 Å². The van der Waals surface area contributed by atoms with E-state index in [0.717, 1.165) is 12.1 Å². The van der Waals surface area contributed by atoms with Gasteiger partial charge in [0.25, 0.3) is 0 Å². The fourth-order valence-electron chi connectivity index (χ4n) is 0.973. The lowest BCUT2D eigenvalue weighted by Gasteiger charge is -2.18. The third-order valence-corrected chi connectivity index (χ3v) is 1.57. The lowest BCUT2D eigenvalue weighted by atomic mass is 10.1. The Kier molecular flexibility index (Phi) is 1.90. The highest BCUT2D eigenvalue weighted by atomic mass is 15.4. The van der Waals surface area contributed by atoms with Crippen LogP contribution in [0.5, 0.6) is 0 Å². The van der Waals surface area contributed by atoms with Crippen molar-refractivity contribution >= 4 is 6.21 Å². The normalized spacial score (nSPS) is 18.0. The van der Waals surface area contributed by atoms with E-state index in [1.807, 2.05) is 24.3 Å². The summed E-state index contributed by atoms with van der Waals surface area (Å²) in [6.07, 6.45) is 3.68. The maximum Gasteiger partial charge on any atom is 0.0573 e. The molecular weight excluding hydrogens is 124 g/mol. The first-order valence-electron chi connectivity index (χ1n) is 3.31. The Balaban J connectivity index is 2.82. The van der Waals surface area contributed by atoms with E-state index in [4.69, 9.17) is 0 Å². The fraction of sp³-hybridized carbons (Fsp3) is 0.375. The first-order chi connectivity index (χ1) is 4.74. The number of rotatable bonds is 1. The van der Waals surface area contributed by atoms with E-state index >= 15 is 0 Å². The van der Waals surface area contributed by atoms with Crippen LogP contribution in [0.1, 0.15) is 6.92 Å². The molecular formula is C8H12N2. The Bertz CT molecular complexity index is 201. The highest BCUT2D eigenvalue weighted by Gasteiger charge is 2.03. The SMILES string of the molecule is C=CC1=C(C)CN(C)N=C1. The molecule has 0 saturated heterocycles. The van der Waals surface area contributed by atoms with Crippen LogP contribution in [0.15, 0.2) is 28.9 Å². The summed E-state index contributed by atoms with van der Waals surface area (Å²) in [5.74, 6) is 0. The molecule has 0 saturated carbocycles. The van der Waals surface area contributed by atoms with E-state index in [-0.39, 0.29) is 0 Å². The van der Waals surface area contributed by atoms with Gasteiger partial charge in [-0.15, -0.1) is 0 Å². The summed E-state index contributed by atoms with van der Waals surface area (Å²) < 4.78 is 0. The molecule has 1 heterocycles. The molecule has 0 amide bonds. The van der Waals surface area contributed by atoms with Crippen molar-refractivity contribution in [2.45, 2.75) is 6.92 Å². The largest absolute Gasteiger partial charge is 0.296 e. The molecule has 1 rings (SSSR count). The molecule has 0 aromatic heterocycles. The minimum Gasteiger partial charge on any atom is -0.296 e. The van der Waals surface area contributed by atoms with Crippen LogP contribution >= 0.6 is 0 Å². The van der Waals surface area contributed by atoms with E-state index in [1.54, 1.807) is 0 Å². The summed E-state index contributed by atoms with van der Waals surface area (Å²) in [5.41, 5.74) is 2.48. The molecule has 2 nitrogen and oxygen atoms in total. The van der Waals surface area contributed by atoms with Crippen LogP contribution in [-0.2, 0) is 0 Å². The van der Waals surface area contributed by atoms with Crippen LogP contribution in [0.3, 0.4) is 0 Å². The lowest BCUT2D eigenvalue weighted by molar-refractivity contribution is 0.382. The Hall–Kier alpha value is -1.05. The molecule has 0 spiro atoms. The Labute approximate surface area is 61.5 Å². The molecule has 54 valence electrons. The van der Waals surface area contributed by atoms with Gasteiger partial charge in [-0.05, 0) is 18.1 Å². The van der Waals surface area contributed by atoms with E-state index in [1.165, 1.54) is 5.57 Å². The molecule has 0 aromatic rings. The van der Waals surface area contributed by atoms with Crippen LogP contribution in [0.25, 0.3) is 0 Å². The molecule has 1 aliphatic rings. The molecule has 0 aromatic carbocycles. The highest BCUT2D eigenvalue weighted by Crippen LogP contribution is 2.09. The standard InChI is InChI=1S/C8H12N2/c1-4-8-5-9-10(3)6-7(8)2/h4-5H,1,6H2,2-3H3. The molecule has 2 heteroatoms. The minimum absolute atomic E-state index is 0.915. The van der Waals surface area contributed by atoms with Gasteiger partial charge in [-0.2, -0.15) is 5.10 Å². The van der Waals surface area contributed by atoms with Gasteiger partial charge in [0.1, 0.15) is 0 Å². The zero-order chi connectivity index (χ0) is 7.56. The summed E-state index contributed by atoms with van der Waals surface area (Å²) in [6.45, 7) is 6.70. The van der Waals surface area contributed by atoms with Crippen LogP contribution in [-0.4, -0.2) is 24.8 Å². The van der Waals surface area contributed by atoms with Crippen LogP contribution in [0.2, 0.25) is 0 Å². The topological polar surface area (TPSA) is 15.6 Å². The fourth-order valence-corrected chi connectivity index (χ4v) is 0.973. The Morgan fingerprint density at radius 1 is 1.80 bits per heavy atom. The first-order valence-corrected chi connectivity index (χ1v) is 3.31. The molecule has 0 N–H and O–H groups in total. The summed E-state index contributed by atoms with van der Waals surface area (Å²) >= 11 is 0. The van der Waals surface area contributed by atoms with E-state index in [0.29, 0.717) is 0 Å². The average Bonchev–Trinajstić information content (AvgIpc) is 1.88. The van der Waals surface area contributed by atoms with Crippen molar-refractivity contribution < 1.29 is 0 Å². The van der Waals surface area contributed by atoms with Crippen LogP contribution in [0, 0.1) is 0 Å². The van der Waals surface area contributed by atoms with Gasteiger partial charge in [0.05, 0.1) is 12.8 Å². The minimum atomic E-state index is 0.915. The maximum atomic E-state index is 4.11. The summed E-state index contributed by atoms with van der Waals surface area (Å²) in [7, 11) is 1.96. The molecule has 0 aliphatic carbocycles. The summed E-state index contributed by atoms with van der Waals surface area (Å²) in [4.78, 5) is 0. The summed E-state index contributed by atoms with van der Waals surface area (Å²) in [5, 5.41) is 6.02. The van der Waals surface area contributed by atoms with Gasteiger partial charge in [-0.1, -0.05) is 12.7 Å². The van der Waals surface area contributed by atoms with Gasteiger partial charge in [-0.3, -0.25) is 5.01 Å². The predicted octanol–water partition coefficient (Wildman–Crippen LogP) is 1.42. The lowest BCUT2D eigenvalue weighted by Crippen LogP contribution is -2.18. The second kappa shape index (κ2) is 2.69. The third-order valence-electron chi connectivity index (χ3n) is 1.57. The second-order valence-corrected chi connectivity index (χ2v) is 2.50. The number of nitrogens with zero attached hydrogens (tertiary/aromatic N) is 2. The smallest absolute Gasteiger partial charge is 0.0573 e. The second-order valence-electron chi connectivity index (χ2n) is 2.50. The quantitative estimate of drug-likeness (QED) is 0.532. The van der Waals surface area contributed by atoms with Gasteiger partial charge < -0.3 is 0 Å².